The summed E-state index contributed by atoms with van der Waals surface area (Å²) in [5.74, 6) is -0.242. The summed E-state index contributed by atoms with van der Waals surface area (Å²) in [4.78, 5) is 15.7. The van der Waals surface area contributed by atoms with E-state index in [1.54, 1.807) is 13.1 Å². The first-order chi connectivity index (χ1) is 5.22. The van der Waals surface area contributed by atoms with E-state index in [2.05, 4.69) is 13.2 Å². The predicted molar refractivity (Wildman–Crippen MR) is 43.7 cm³/mol. The van der Waals surface area contributed by atoms with Gasteiger partial charge in [-0.15, -0.1) is 6.58 Å². The molecule has 0 saturated carbocycles. The Bertz CT molecular complexity index is 154. The summed E-state index contributed by atoms with van der Waals surface area (Å²) in [6, 6.07) is 0. The van der Waals surface area contributed by atoms with Crippen LogP contribution < -0.4 is 0 Å². The zero-order valence-corrected chi connectivity index (χ0v) is 6.75. The fourth-order valence-corrected chi connectivity index (χ4v) is 0.465. The standard InChI is InChI=1S/C8H13NO2/c1-4-6-7-11-9(3)8(10)5-2/h4-5H,1-2,6-7H2,3H3. The molecule has 62 valence electrons. The molecule has 0 aliphatic carbocycles. The summed E-state index contributed by atoms with van der Waals surface area (Å²) in [6.07, 6.45) is 3.66. The Morgan fingerprint density at radius 1 is 1.64 bits per heavy atom. The molecule has 1 amide bonds. The summed E-state index contributed by atoms with van der Waals surface area (Å²) >= 11 is 0. The fourth-order valence-electron chi connectivity index (χ4n) is 0.465. The van der Waals surface area contributed by atoms with Crippen LogP contribution in [-0.2, 0) is 9.63 Å². The third kappa shape index (κ3) is 4.33. The lowest BCUT2D eigenvalue weighted by molar-refractivity contribution is -0.171. The van der Waals surface area contributed by atoms with Crippen LogP contribution in [-0.4, -0.2) is 24.6 Å². The molecule has 0 aromatic rings. The average Bonchev–Trinajstić information content (AvgIpc) is 2.03. The van der Waals surface area contributed by atoms with Crippen molar-refractivity contribution in [3.8, 4) is 0 Å². The van der Waals surface area contributed by atoms with Crippen molar-refractivity contribution in [2.45, 2.75) is 6.42 Å². The maximum Gasteiger partial charge on any atom is 0.269 e. The minimum Gasteiger partial charge on any atom is -0.271 e. The molecule has 11 heavy (non-hydrogen) atoms. The van der Waals surface area contributed by atoms with Crippen LogP contribution in [0.15, 0.2) is 25.3 Å². The molecule has 0 rings (SSSR count). The van der Waals surface area contributed by atoms with Crippen LogP contribution in [0, 0.1) is 0 Å². The predicted octanol–water partition coefficient (Wildman–Crippen LogP) is 1.14. The van der Waals surface area contributed by atoms with E-state index in [1.165, 1.54) is 6.08 Å². The highest BCUT2D eigenvalue weighted by Gasteiger charge is 2.01. The van der Waals surface area contributed by atoms with E-state index < -0.39 is 0 Å². The molecule has 0 aromatic carbocycles. The third-order valence-corrected chi connectivity index (χ3v) is 1.09. The third-order valence-electron chi connectivity index (χ3n) is 1.09. The first-order valence-corrected chi connectivity index (χ1v) is 3.36. The number of hydrogen-bond donors (Lipinski definition) is 0. The minimum atomic E-state index is -0.242. The zero-order chi connectivity index (χ0) is 8.69. The normalized spacial score (nSPS) is 8.82. The van der Waals surface area contributed by atoms with Gasteiger partial charge in [0, 0.05) is 7.05 Å². The second-order valence-electron chi connectivity index (χ2n) is 1.95. The summed E-state index contributed by atoms with van der Waals surface area (Å²) in [6.45, 7) is 7.31. The Kier molecular flexibility index (Phi) is 5.11. The van der Waals surface area contributed by atoms with Crippen LogP contribution in [0.4, 0.5) is 0 Å². The van der Waals surface area contributed by atoms with Gasteiger partial charge >= 0.3 is 0 Å². The summed E-state index contributed by atoms with van der Waals surface area (Å²) < 4.78 is 0. The minimum absolute atomic E-state index is 0.242. The quantitative estimate of drug-likeness (QED) is 0.258. The van der Waals surface area contributed by atoms with Gasteiger partial charge in [0.05, 0.1) is 6.61 Å². The molecule has 0 bridgehead atoms. The van der Waals surface area contributed by atoms with Crippen molar-refractivity contribution >= 4 is 5.91 Å². The molecule has 0 heterocycles. The Labute approximate surface area is 66.9 Å². The molecular formula is C8H13NO2. The van der Waals surface area contributed by atoms with Crippen LogP contribution in [0.25, 0.3) is 0 Å². The van der Waals surface area contributed by atoms with Crippen LogP contribution in [0.2, 0.25) is 0 Å². The van der Waals surface area contributed by atoms with Gasteiger partial charge in [0.1, 0.15) is 0 Å². The van der Waals surface area contributed by atoms with E-state index in [4.69, 9.17) is 4.84 Å². The SMILES string of the molecule is C=CCCON(C)C(=O)C=C. The van der Waals surface area contributed by atoms with E-state index in [1.807, 2.05) is 0 Å². The molecule has 0 aliphatic heterocycles. The Morgan fingerprint density at radius 2 is 2.27 bits per heavy atom. The number of amides is 1. The molecule has 0 aromatic heterocycles. The second-order valence-corrected chi connectivity index (χ2v) is 1.95. The zero-order valence-electron chi connectivity index (χ0n) is 6.75. The van der Waals surface area contributed by atoms with Gasteiger partial charge in [0.25, 0.3) is 5.91 Å². The molecule has 0 saturated heterocycles. The topological polar surface area (TPSA) is 29.5 Å². The van der Waals surface area contributed by atoms with E-state index in [0.29, 0.717) is 6.61 Å². The maximum absolute atomic E-state index is 10.8. The summed E-state index contributed by atoms with van der Waals surface area (Å²) in [7, 11) is 1.55. The van der Waals surface area contributed by atoms with Gasteiger partial charge < -0.3 is 0 Å². The monoisotopic (exact) mass is 155 g/mol. The lowest BCUT2D eigenvalue weighted by Gasteiger charge is -2.13. The highest BCUT2D eigenvalue weighted by Crippen LogP contribution is 1.90. The van der Waals surface area contributed by atoms with Gasteiger partial charge in [-0.25, -0.2) is 5.06 Å². The highest BCUT2D eigenvalue weighted by atomic mass is 16.7. The molecule has 0 N–H and O–H groups in total. The fraction of sp³-hybridized carbons (Fsp3) is 0.375. The molecule has 0 spiro atoms. The van der Waals surface area contributed by atoms with Gasteiger partial charge in [-0.05, 0) is 12.5 Å². The molecule has 0 atom stereocenters. The van der Waals surface area contributed by atoms with Crippen molar-refractivity contribution in [3.63, 3.8) is 0 Å². The number of rotatable bonds is 5. The van der Waals surface area contributed by atoms with Crippen molar-refractivity contribution in [1.82, 2.24) is 5.06 Å². The highest BCUT2D eigenvalue weighted by molar-refractivity contribution is 5.85. The van der Waals surface area contributed by atoms with Crippen LogP contribution >= 0.6 is 0 Å². The van der Waals surface area contributed by atoms with Gasteiger partial charge in [-0.2, -0.15) is 0 Å². The number of nitrogens with zero attached hydrogens (tertiary/aromatic N) is 1. The Balaban J connectivity index is 3.51. The summed E-state index contributed by atoms with van der Waals surface area (Å²) in [5.41, 5.74) is 0. The lowest BCUT2D eigenvalue weighted by Crippen LogP contribution is -2.25. The average molecular weight is 155 g/mol. The molecule has 0 aliphatic rings. The van der Waals surface area contributed by atoms with Crippen LogP contribution in [0.1, 0.15) is 6.42 Å². The van der Waals surface area contributed by atoms with E-state index in [-0.39, 0.29) is 5.91 Å². The van der Waals surface area contributed by atoms with Gasteiger partial charge in [0.2, 0.25) is 0 Å². The van der Waals surface area contributed by atoms with Crippen molar-refractivity contribution in [1.29, 1.82) is 0 Å². The lowest BCUT2D eigenvalue weighted by atomic mass is 10.5. The van der Waals surface area contributed by atoms with Crippen molar-refractivity contribution in [2.24, 2.45) is 0 Å². The Morgan fingerprint density at radius 3 is 2.73 bits per heavy atom. The first-order valence-electron chi connectivity index (χ1n) is 3.36. The maximum atomic E-state index is 10.8. The van der Waals surface area contributed by atoms with Gasteiger partial charge in [0.15, 0.2) is 0 Å². The van der Waals surface area contributed by atoms with Crippen LogP contribution in [0.3, 0.4) is 0 Å². The van der Waals surface area contributed by atoms with Crippen molar-refractivity contribution in [3.05, 3.63) is 25.3 Å². The number of hydroxylamine groups is 2. The van der Waals surface area contributed by atoms with Crippen molar-refractivity contribution < 1.29 is 9.63 Å². The smallest absolute Gasteiger partial charge is 0.269 e. The van der Waals surface area contributed by atoms with E-state index in [9.17, 15) is 4.79 Å². The molecule has 3 heteroatoms. The number of likely N-dealkylation sites (N-methyl/N-ethyl adjacent to an activating group) is 1. The number of carbonyl (C=O) groups excluding carboxylic acids is 1. The van der Waals surface area contributed by atoms with Gasteiger partial charge in [-0.1, -0.05) is 12.7 Å². The largest absolute Gasteiger partial charge is 0.271 e. The second kappa shape index (κ2) is 5.68. The summed E-state index contributed by atoms with van der Waals surface area (Å²) in [5, 5.41) is 1.15. The van der Waals surface area contributed by atoms with Crippen LogP contribution in [0.5, 0.6) is 0 Å². The Hall–Kier alpha value is -1.09. The number of carbonyl (C=O) groups is 1. The van der Waals surface area contributed by atoms with E-state index in [0.717, 1.165) is 11.5 Å². The molecule has 3 nitrogen and oxygen atoms in total. The van der Waals surface area contributed by atoms with E-state index >= 15 is 0 Å². The molecule has 0 radical (unpaired) electrons. The molecule has 0 fully saturated rings. The van der Waals surface area contributed by atoms with Gasteiger partial charge in [-0.3, -0.25) is 9.63 Å². The number of hydrogen-bond acceptors (Lipinski definition) is 2. The van der Waals surface area contributed by atoms with Crippen molar-refractivity contribution in [2.75, 3.05) is 13.7 Å². The molecular weight excluding hydrogens is 142 g/mol. The molecule has 0 unspecified atom stereocenters. The first kappa shape index (κ1) is 9.91.